The Balaban J connectivity index is 1.54. The van der Waals surface area contributed by atoms with Crippen LogP contribution in [0.5, 0.6) is 5.75 Å². The SMILES string of the molecule is COc1ccccc1N(C(C)=O)c1nc(CSc2ccc3ccccc3n2)cs1. The van der Waals surface area contributed by atoms with Crippen LogP contribution in [-0.2, 0) is 10.5 Å². The molecule has 0 aliphatic carbocycles. The molecule has 0 radical (unpaired) electrons. The van der Waals surface area contributed by atoms with E-state index in [0.29, 0.717) is 22.3 Å². The Morgan fingerprint density at radius 3 is 2.69 bits per heavy atom. The number of carbonyl (C=O) groups excluding carboxylic acids is 1. The molecule has 0 saturated heterocycles. The number of anilines is 2. The lowest BCUT2D eigenvalue weighted by molar-refractivity contribution is -0.115. The van der Waals surface area contributed by atoms with Crippen molar-refractivity contribution in [2.24, 2.45) is 0 Å². The van der Waals surface area contributed by atoms with E-state index in [1.807, 2.05) is 53.9 Å². The Labute approximate surface area is 177 Å². The predicted octanol–water partition coefficient (Wildman–Crippen LogP) is 5.68. The highest BCUT2D eigenvalue weighted by atomic mass is 32.2. The van der Waals surface area contributed by atoms with Gasteiger partial charge in [-0.25, -0.2) is 9.97 Å². The number of thioether (sulfide) groups is 1. The minimum atomic E-state index is -0.112. The summed E-state index contributed by atoms with van der Waals surface area (Å²) in [6, 6.07) is 19.6. The number of ether oxygens (including phenoxy) is 1. The molecule has 0 bridgehead atoms. The summed E-state index contributed by atoms with van der Waals surface area (Å²) in [4.78, 5) is 23.3. The van der Waals surface area contributed by atoms with E-state index in [1.165, 1.54) is 18.3 Å². The molecule has 0 saturated carbocycles. The van der Waals surface area contributed by atoms with Crippen LogP contribution in [0.1, 0.15) is 12.6 Å². The molecule has 0 aliphatic heterocycles. The second kappa shape index (κ2) is 8.63. The number of thiazole rings is 1. The number of nitrogens with zero attached hydrogens (tertiary/aromatic N) is 3. The Hall–Kier alpha value is -2.90. The number of methoxy groups -OCH3 is 1. The van der Waals surface area contributed by atoms with E-state index >= 15 is 0 Å². The van der Waals surface area contributed by atoms with E-state index in [0.717, 1.165) is 21.6 Å². The van der Waals surface area contributed by atoms with Crippen LogP contribution in [0.15, 0.2) is 71.1 Å². The molecule has 0 fully saturated rings. The van der Waals surface area contributed by atoms with E-state index in [4.69, 9.17) is 4.74 Å². The summed E-state index contributed by atoms with van der Waals surface area (Å²) in [5.74, 6) is 1.20. The predicted molar refractivity (Wildman–Crippen MR) is 119 cm³/mol. The third kappa shape index (κ3) is 4.26. The van der Waals surface area contributed by atoms with E-state index < -0.39 is 0 Å². The van der Waals surface area contributed by atoms with Gasteiger partial charge in [0.2, 0.25) is 5.91 Å². The van der Waals surface area contributed by atoms with E-state index in [9.17, 15) is 4.79 Å². The number of carbonyl (C=O) groups is 1. The second-order valence-corrected chi connectivity index (χ2v) is 8.11. The zero-order valence-corrected chi connectivity index (χ0v) is 17.7. The third-order valence-corrected chi connectivity index (χ3v) is 6.15. The summed E-state index contributed by atoms with van der Waals surface area (Å²) < 4.78 is 5.42. The first-order valence-corrected chi connectivity index (χ1v) is 10.9. The number of aromatic nitrogens is 2. The average Bonchev–Trinajstić information content (AvgIpc) is 3.21. The van der Waals surface area contributed by atoms with Crippen LogP contribution in [0.25, 0.3) is 10.9 Å². The number of fused-ring (bicyclic) bond motifs is 1. The van der Waals surface area contributed by atoms with Crippen molar-refractivity contribution in [2.75, 3.05) is 12.0 Å². The fourth-order valence-corrected chi connectivity index (χ4v) is 4.72. The van der Waals surface area contributed by atoms with Crippen molar-refractivity contribution in [3.05, 3.63) is 71.7 Å². The van der Waals surface area contributed by atoms with Gasteiger partial charge in [-0.05, 0) is 24.3 Å². The van der Waals surface area contributed by atoms with Crippen molar-refractivity contribution in [3.63, 3.8) is 0 Å². The topological polar surface area (TPSA) is 55.3 Å². The van der Waals surface area contributed by atoms with Crippen LogP contribution in [0, 0.1) is 0 Å². The lowest BCUT2D eigenvalue weighted by atomic mass is 10.2. The summed E-state index contributed by atoms with van der Waals surface area (Å²) in [7, 11) is 1.59. The zero-order valence-electron chi connectivity index (χ0n) is 16.0. The largest absolute Gasteiger partial charge is 0.495 e. The molecule has 0 aliphatic rings. The monoisotopic (exact) mass is 421 g/mol. The highest BCUT2D eigenvalue weighted by Crippen LogP contribution is 2.36. The second-order valence-electron chi connectivity index (χ2n) is 6.28. The molecule has 2 aromatic carbocycles. The van der Waals surface area contributed by atoms with Crippen LogP contribution >= 0.6 is 23.1 Å². The molecule has 0 unspecified atom stereocenters. The van der Waals surface area contributed by atoms with Gasteiger partial charge in [0.05, 0.1) is 29.0 Å². The molecule has 29 heavy (non-hydrogen) atoms. The molecular formula is C22H19N3O2S2. The highest BCUT2D eigenvalue weighted by molar-refractivity contribution is 7.98. The lowest BCUT2D eigenvalue weighted by Gasteiger charge is -2.20. The maximum absolute atomic E-state index is 12.3. The van der Waals surface area contributed by atoms with Gasteiger partial charge in [0, 0.05) is 23.4 Å². The number of benzene rings is 2. The highest BCUT2D eigenvalue weighted by Gasteiger charge is 2.21. The van der Waals surface area contributed by atoms with Crippen LogP contribution in [-0.4, -0.2) is 23.0 Å². The molecule has 5 nitrogen and oxygen atoms in total. The first kappa shape index (κ1) is 19.4. The minimum Gasteiger partial charge on any atom is -0.495 e. The first-order chi connectivity index (χ1) is 14.2. The molecule has 4 rings (SSSR count). The van der Waals surface area contributed by atoms with Gasteiger partial charge in [0.15, 0.2) is 5.13 Å². The van der Waals surface area contributed by atoms with Crippen LogP contribution < -0.4 is 9.64 Å². The van der Waals surface area contributed by atoms with Gasteiger partial charge in [0.25, 0.3) is 0 Å². The number of rotatable bonds is 6. The van der Waals surface area contributed by atoms with E-state index in [1.54, 1.807) is 23.8 Å². The van der Waals surface area contributed by atoms with Gasteiger partial charge in [-0.15, -0.1) is 11.3 Å². The van der Waals surface area contributed by atoms with Crippen molar-refractivity contribution in [1.29, 1.82) is 0 Å². The number of pyridine rings is 1. The van der Waals surface area contributed by atoms with Crippen molar-refractivity contribution in [1.82, 2.24) is 9.97 Å². The maximum Gasteiger partial charge on any atom is 0.230 e. The van der Waals surface area contributed by atoms with Gasteiger partial charge in [-0.3, -0.25) is 9.69 Å². The number of hydrogen-bond donors (Lipinski definition) is 0. The molecule has 0 atom stereocenters. The molecule has 2 heterocycles. The van der Waals surface area contributed by atoms with Gasteiger partial charge in [-0.2, -0.15) is 0 Å². The van der Waals surface area contributed by atoms with Gasteiger partial charge < -0.3 is 4.74 Å². The van der Waals surface area contributed by atoms with E-state index in [2.05, 4.69) is 22.1 Å². The van der Waals surface area contributed by atoms with Crippen LogP contribution in [0.4, 0.5) is 10.8 Å². The minimum absolute atomic E-state index is 0.112. The van der Waals surface area contributed by atoms with Crippen molar-refractivity contribution < 1.29 is 9.53 Å². The Morgan fingerprint density at radius 2 is 1.86 bits per heavy atom. The average molecular weight is 422 g/mol. The molecule has 1 amide bonds. The van der Waals surface area contributed by atoms with Crippen molar-refractivity contribution in [3.8, 4) is 5.75 Å². The quantitative estimate of drug-likeness (QED) is 0.375. The molecule has 4 aromatic rings. The van der Waals surface area contributed by atoms with Gasteiger partial charge >= 0.3 is 0 Å². The molecule has 2 aromatic heterocycles. The third-order valence-electron chi connectivity index (χ3n) is 4.31. The number of para-hydroxylation sites is 3. The summed E-state index contributed by atoms with van der Waals surface area (Å²) in [6.45, 7) is 1.53. The summed E-state index contributed by atoms with van der Waals surface area (Å²) in [5, 5.41) is 4.69. The van der Waals surface area contributed by atoms with Gasteiger partial charge in [-0.1, -0.05) is 48.2 Å². The van der Waals surface area contributed by atoms with E-state index in [-0.39, 0.29) is 5.91 Å². The van der Waals surface area contributed by atoms with Crippen molar-refractivity contribution >= 4 is 50.7 Å². The zero-order chi connectivity index (χ0) is 20.2. The Morgan fingerprint density at radius 1 is 1.07 bits per heavy atom. The number of hydrogen-bond acceptors (Lipinski definition) is 6. The summed E-state index contributed by atoms with van der Waals surface area (Å²) in [5.41, 5.74) is 2.58. The molecule has 0 N–H and O–H groups in total. The normalized spacial score (nSPS) is 10.8. The number of amides is 1. The van der Waals surface area contributed by atoms with Crippen LogP contribution in [0.2, 0.25) is 0 Å². The molecule has 7 heteroatoms. The fraction of sp³-hybridized carbons (Fsp3) is 0.136. The Kier molecular flexibility index (Phi) is 5.78. The van der Waals surface area contributed by atoms with Crippen LogP contribution in [0.3, 0.4) is 0 Å². The summed E-state index contributed by atoms with van der Waals surface area (Å²) >= 11 is 3.07. The Bertz CT molecular complexity index is 1160. The van der Waals surface area contributed by atoms with Crippen molar-refractivity contribution in [2.45, 2.75) is 17.7 Å². The first-order valence-electron chi connectivity index (χ1n) is 9.02. The van der Waals surface area contributed by atoms with Gasteiger partial charge in [0.1, 0.15) is 5.75 Å². The lowest BCUT2D eigenvalue weighted by Crippen LogP contribution is -2.23. The standard InChI is InChI=1S/C22H19N3O2S2/c1-15(26)25(19-9-5-6-10-20(19)27-2)22-23-17(14-29-22)13-28-21-12-11-16-7-3-4-8-18(16)24-21/h3-12,14H,13H2,1-2H3. The molecule has 0 spiro atoms. The fourth-order valence-electron chi connectivity index (χ4n) is 2.96. The molecular weight excluding hydrogens is 402 g/mol. The molecule has 146 valence electrons. The summed E-state index contributed by atoms with van der Waals surface area (Å²) in [6.07, 6.45) is 0. The smallest absolute Gasteiger partial charge is 0.230 e. The maximum atomic E-state index is 12.3.